The van der Waals surface area contributed by atoms with Crippen molar-refractivity contribution >= 4 is 14.4 Å². The van der Waals surface area contributed by atoms with E-state index in [9.17, 15) is 0 Å². The number of allylic oxidation sites excluding steroid dienone is 8. The standard InChI is InChI=1S/C27H29.C15H14.C9H13.2ClH.Zr/c1-16-7-9-26(3,4)24-12-18-11-19-13-25-21(17(2)8-10-27(25,5)6)15-23(19)22(18)14-20(16)24;1-3-8-14(9-4-1)12-7-13-15-10-5-2-6-11-15;1-9(2,3)8-6-4-5-7-8;;;/h7-9,12-15H,10-11H2,1-6H3;1-6,8-11H,12-13H2;6-7H,4H2,1-3H3;2*1H;/q;;;;;+2/p-2. The zero-order valence-corrected chi connectivity index (χ0v) is 37.7. The first-order valence-corrected chi connectivity index (χ1v) is 23.5. The number of benzene rings is 4. The van der Waals surface area contributed by atoms with Gasteiger partial charge in [0.15, 0.2) is 0 Å². The molecule has 54 heavy (non-hydrogen) atoms. The van der Waals surface area contributed by atoms with Gasteiger partial charge in [0.05, 0.1) is 0 Å². The van der Waals surface area contributed by atoms with Gasteiger partial charge in [-0.25, -0.2) is 0 Å². The van der Waals surface area contributed by atoms with E-state index in [4.69, 9.17) is 0 Å². The Labute approximate surface area is 345 Å². The molecule has 4 aromatic carbocycles. The van der Waals surface area contributed by atoms with Gasteiger partial charge in [0.2, 0.25) is 0 Å². The SMILES string of the molecule is CC1=CCC(C)(C)c2cc3c(cc21)-c1cc2c(cc1C3)C(C)(C)[CH]([Zr+2]([C]1=CC(C(C)(C)C)=CC1)=[C](Cc1ccccc1)Cc1ccccc1)C=C2C.[Cl-].[Cl-]. The minimum absolute atomic E-state index is 0. The van der Waals surface area contributed by atoms with E-state index < -0.39 is 21.3 Å². The Kier molecular flexibility index (Phi) is 11.5. The van der Waals surface area contributed by atoms with E-state index in [0.29, 0.717) is 3.63 Å². The average molecular weight is 831 g/mol. The van der Waals surface area contributed by atoms with E-state index in [0.717, 1.165) is 32.1 Å². The Morgan fingerprint density at radius 2 is 1.22 bits per heavy atom. The van der Waals surface area contributed by atoms with Gasteiger partial charge in [-0.1, -0.05) is 0 Å². The van der Waals surface area contributed by atoms with Crippen molar-refractivity contribution in [3.8, 4) is 11.1 Å². The van der Waals surface area contributed by atoms with Crippen molar-refractivity contribution in [3.05, 3.63) is 163 Å². The normalized spacial score (nSPS) is 18.5. The molecule has 0 saturated heterocycles. The van der Waals surface area contributed by atoms with Crippen LogP contribution in [0.15, 0.2) is 118 Å². The van der Waals surface area contributed by atoms with Gasteiger partial charge < -0.3 is 24.8 Å². The first-order chi connectivity index (χ1) is 24.7. The molecule has 4 aromatic rings. The minimum Gasteiger partial charge on any atom is -1.00 e. The molecule has 1 atom stereocenters. The Morgan fingerprint density at radius 1 is 0.685 bits per heavy atom. The molecule has 0 spiro atoms. The maximum atomic E-state index is 2.77. The molecule has 0 heterocycles. The minimum atomic E-state index is -2.58. The van der Waals surface area contributed by atoms with E-state index in [2.05, 4.69) is 172 Å². The van der Waals surface area contributed by atoms with E-state index >= 15 is 0 Å². The first kappa shape index (κ1) is 40.8. The molecule has 1 unspecified atom stereocenters. The summed E-state index contributed by atoms with van der Waals surface area (Å²) < 4.78 is 4.14. The fourth-order valence-corrected chi connectivity index (χ4v) is 19.5. The van der Waals surface area contributed by atoms with Gasteiger partial charge in [-0.3, -0.25) is 0 Å². The second-order valence-electron chi connectivity index (χ2n) is 18.4. The number of halogens is 2. The summed E-state index contributed by atoms with van der Waals surface area (Å²) in [5, 5.41) is 0. The molecule has 4 aliphatic rings. The van der Waals surface area contributed by atoms with Crippen LogP contribution in [0.5, 0.6) is 0 Å². The number of rotatable bonds is 6. The van der Waals surface area contributed by atoms with Crippen molar-refractivity contribution in [2.45, 2.75) is 109 Å². The maximum absolute atomic E-state index is 2.77. The third kappa shape index (κ3) is 7.40. The van der Waals surface area contributed by atoms with Crippen LogP contribution in [0.25, 0.3) is 22.3 Å². The Morgan fingerprint density at radius 3 is 1.76 bits per heavy atom. The fraction of sp³-hybridized carbons (Fsp3) is 0.353. The predicted octanol–water partition coefficient (Wildman–Crippen LogP) is 7.37. The van der Waals surface area contributed by atoms with Gasteiger partial charge in [0.25, 0.3) is 0 Å². The van der Waals surface area contributed by atoms with Crippen molar-refractivity contribution < 1.29 is 46.1 Å². The molecule has 0 aliphatic heterocycles. The van der Waals surface area contributed by atoms with Gasteiger partial charge in [-0.2, -0.15) is 0 Å². The third-order valence-electron chi connectivity index (χ3n) is 12.8. The number of hydrogen-bond acceptors (Lipinski definition) is 0. The second kappa shape index (κ2) is 15.3. The summed E-state index contributed by atoms with van der Waals surface area (Å²) in [5.74, 6) is 0. The van der Waals surface area contributed by atoms with E-state index in [1.807, 2.05) is 3.21 Å². The van der Waals surface area contributed by atoms with Gasteiger partial charge >= 0.3 is 324 Å². The molecule has 8 rings (SSSR count). The van der Waals surface area contributed by atoms with Crippen molar-refractivity contribution in [1.29, 1.82) is 0 Å². The van der Waals surface area contributed by atoms with Gasteiger partial charge in [-0.05, 0) is 0 Å². The molecule has 4 aliphatic carbocycles. The van der Waals surface area contributed by atoms with Crippen molar-refractivity contribution in [2.75, 3.05) is 0 Å². The zero-order valence-electron chi connectivity index (χ0n) is 33.8. The summed E-state index contributed by atoms with van der Waals surface area (Å²) >= 11 is -2.58. The van der Waals surface area contributed by atoms with Crippen LogP contribution >= 0.6 is 0 Å². The summed E-state index contributed by atoms with van der Waals surface area (Å²) in [6.45, 7) is 21.9. The van der Waals surface area contributed by atoms with Crippen LogP contribution in [0.3, 0.4) is 0 Å². The molecule has 0 N–H and O–H groups in total. The Hall–Kier alpha value is -2.83. The summed E-state index contributed by atoms with van der Waals surface area (Å²) in [6, 6.07) is 33.0. The van der Waals surface area contributed by atoms with Crippen LogP contribution in [0.1, 0.15) is 120 Å². The fourth-order valence-electron chi connectivity index (χ4n) is 9.64. The van der Waals surface area contributed by atoms with Crippen LogP contribution in [0.2, 0.25) is 3.63 Å². The average Bonchev–Trinajstić information content (AvgIpc) is 3.74. The molecule has 278 valence electrons. The molecule has 0 saturated carbocycles. The second-order valence-corrected chi connectivity index (χ2v) is 25.3. The van der Waals surface area contributed by atoms with Gasteiger partial charge in [0.1, 0.15) is 0 Å². The predicted molar refractivity (Wildman–Crippen MR) is 222 cm³/mol. The van der Waals surface area contributed by atoms with Crippen molar-refractivity contribution in [1.82, 2.24) is 0 Å². The molecule has 0 nitrogen and oxygen atoms in total. The quantitative estimate of drug-likeness (QED) is 0.168. The molecular formula is C51H56Cl2Zr. The largest absolute Gasteiger partial charge is 1.00 e. The summed E-state index contributed by atoms with van der Waals surface area (Å²) in [6.07, 6.45) is 15.9. The molecule has 0 fully saturated rings. The van der Waals surface area contributed by atoms with Crippen LogP contribution in [-0.2, 0) is 51.4 Å². The summed E-state index contributed by atoms with van der Waals surface area (Å²) in [4.78, 5) is 0. The molecule has 0 radical (unpaired) electrons. The smallest absolute Gasteiger partial charge is 1.00 e. The monoisotopic (exact) mass is 828 g/mol. The molecule has 0 aromatic heterocycles. The van der Waals surface area contributed by atoms with Crippen LogP contribution in [0, 0.1) is 5.41 Å². The van der Waals surface area contributed by atoms with Gasteiger partial charge in [0, 0.05) is 0 Å². The van der Waals surface area contributed by atoms with Crippen molar-refractivity contribution in [3.63, 3.8) is 0 Å². The van der Waals surface area contributed by atoms with E-state index in [1.54, 1.807) is 8.84 Å². The van der Waals surface area contributed by atoms with Crippen LogP contribution in [-0.4, -0.2) is 3.21 Å². The van der Waals surface area contributed by atoms with Crippen molar-refractivity contribution in [2.24, 2.45) is 5.41 Å². The third-order valence-corrected chi connectivity index (χ3v) is 21.9. The molecule has 3 heteroatoms. The molecular weight excluding hydrogens is 775 g/mol. The topological polar surface area (TPSA) is 0 Å². The maximum Gasteiger partial charge on any atom is -1.00 e. The zero-order chi connectivity index (χ0) is 36.6. The van der Waals surface area contributed by atoms with E-state index in [1.165, 1.54) is 66.8 Å². The molecule has 0 amide bonds. The summed E-state index contributed by atoms with van der Waals surface area (Å²) in [5.41, 5.74) is 19.7. The Bertz CT molecular complexity index is 2210. The van der Waals surface area contributed by atoms with Crippen LogP contribution < -0.4 is 24.8 Å². The first-order valence-electron chi connectivity index (χ1n) is 19.6. The van der Waals surface area contributed by atoms with Crippen LogP contribution in [0.4, 0.5) is 0 Å². The van der Waals surface area contributed by atoms with Gasteiger partial charge in [-0.15, -0.1) is 0 Å². The van der Waals surface area contributed by atoms with E-state index in [-0.39, 0.29) is 41.1 Å². The number of hydrogen-bond donors (Lipinski definition) is 0. The Balaban J connectivity index is 0.00000249. The summed E-state index contributed by atoms with van der Waals surface area (Å²) in [7, 11) is 0. The molecule has 0 bridgehead atoms. The number of fused-ring (bicyclic) bond motifs is 5.